The average molecular weight is 315 g/mol. The quantitative estimate of drug-likeness (QED) is 0.696. The molecule has 0 saturated carbocycles. The van der Waals surface area contributed by atoms with Gasteiger partial charge in [-0.15, -0.1) is 0 Å². The summed E-state index contributed by atoms with van der Waals surface area (Å²) in [6.07, 6.45) is 3.42. The lowest BCUT2D eigenvalue weighted by Crippen LogP contribution is -1.98. The first kappa shape index (κ1) is 12.3. The van der Waals surface area contributed by atoms with Crippen LogP contribution in [0.5, 0.6) is 0 Å². The second-order valence-corrected chi connectivity index (χ2v) is 4.56. The van der Waals surface area contributed by atoms with E-state index in [1.807, 2.05) is 12.1 Å². The number of nitrogens with one attached hydrogen (secondary N) is 1. The van der Waals surface area contributed by atoms with E-state index in [4.69, 9.17) is 16.6 Å². The van der Waals surface area contributed by atoms with Crippen LogP contribution >= 0.6 is 28.1 Å². The van der Waals surface area contributed by atoms with Crippen LogP contribution < -0.4 is 0 Å². The van der Waals surface area contributed by atoms with E-state index in [0.717, 1.165) is 18.7 Å². The first-order valence-corrected chi connectivity index (χ1v) is 6.37. The number of rotatable bonds is 4. The highest BCUT2D eigenvalue weighted by Gasteiger charge is 2.03. The minimum atomic E-state index is 0.482. The van der Waals surface area contributed by atoms with Crippen LogP contribution in [0.1, 0.15) is 24.9 Å². The molecule has 0 aliphatic carbocycles. The molecule has 17 heavy (non-hydrogen) atoms. The van der Waals surface area contributed by atoms with E-state index >= 15 is 0 Å². The highest BCUT2D eigenvalue weighted by molar-refractivity contribution is 9.10. The number of aromatic nitrogens is 3. The highest BCUT2D eigenvalue weighted by atomic mass is 79.9. The van der Waals surface area contributed by atoms with Crippen LogP contribution in [0.25, 0.3) is 0 Å². The fourth-order valence-electron chi connectivity index (χ4n) is 1.34. The molecule has 0 fully saturated rings. The predicted octanol–water partition coefficient (Wildman–Crippen LogP) is 3.13. The van der Waals surface area contributed by atoms with Gasteiger partial charge in [-0.3, -0.25) is 5.10 Å². The van der Waals surface area contributed by atoms with Gasteiger partial charge in [0.05, 0.1) is 6.21 Å². The third-order valence-electron chi connectivity index (χ3n) is 2.09. The molecule has 2 heterocycles. The molecule has 0 aliphatic heterocycles. The molecule has 2 aromatic rings. The second kappa shape index (κ2) is 5.42. The average Bonchev–Trinajstić information content (AvgIpc) is 2.85. The lowest BCUT2D eigenvalue weighted by Gasteiger charge is -1.96. The zero-order chi connectivity index (χ0) is 12.3. The maximum Gasteiger partial charge on any atom is 0.216 e. The maximum absolute atomic E-state index is 5.31. The summed E-state index contributed by atoms with van der Waals surface area (Å²) in [6.45, 7) is 2.08. The smallest absolute Gasteiger partial charge is 0.216 e. The van der Waals surface area contributed by atoms with Crippen molar-refractivity contribution in [3.05, 3.63) is 33.2 Å². The standard InChI is InChI=1S/C10H11BrN4OS/c1-2-3-9-13-14-10(17)15(9)12-6-7-4-5-8(11)16-7/h4-6H,2-3H2,1H3,(H,14,17)/b12-6+. The number of hydrogen-bond donors (Lipinski definition) is 1. The van der Waals surface area contributed by atoms with Crippen LogP contribution in [0.4, 0.5) is 0 Å². The molecule has 0 atom stereocenters. The fourth-order valence-corrected chi connectivity index (χ4v) is 1.86. The van der Waals surface area contributed by atoms with Gasteiger partial charge in [0.1, 0.15) is 5.76 Å². The van der Waals surface area contributed by atoms with Gasteiger partial charge in [-0.25, -0.2) is 0 Å². The Bertz CT molecular complexity index is 583. The summed E-state index contributed by atoms with van der Waals surface area (Å²) >= 11 is 8.33. The fraction of sp³-hybridized carbons (Fsp3) is 0.300. The van der Waals surface area contributed by atoms with Gasteiger partial charge < -0.3 is 4.42 Å². The number of hydrogen-bond acceptors (Lipinski definition) is 4. The Hall–Kier alpha value is -1.21. The topological polar surface area (TPSA) is 59.1 Å². The van der Waals surface area contributed by atoms with Gasteiger partial charge in [0, 0.05) is 6.42 Å². The molecule has 0 radical (unpaired) electrons. The lowest BCUT2D eigenvalue weighted by molar-refractivity contribution is 0.533. The van der Waals surface area contributed by atoms with Crippen molar-refractivity contribution in [2.24, 2.45) is 5.10 Å². The summed E-state index contributed by atoms with van der Waals surface area (Å²) in [6, 6.07) is 3.62. The Balaban J connectivity index is 2.26. The molecule has 0 spiro atoms. The number of aryl methyl sites for hydroxylation is 1. The van der Waals surface area contributed by atoms with Crippen LogP contribution in [0.15, 0.2) is 26.3 Å². The Morgan fingerprint density at radius 1 is 1.65 bits per heavy atom. The second-order valence-electron chi connectivity index (χ2n) is 3.39. The molecule has 0 saturated heterocycles. The first-order valence-electron chi connectivity index (χ1n) is 5.16. The molecule has 0 aromatic carbocycles. The molecular formula is C10H11BrN4OS. The third-order valence-corrected chi connectivity index (χ3v) is 2.78. The molecule has 2 rings (SSSR count). The van der Waals surface area contributed by atoms with E-state index in [2.05, 4.69) is 38.2 Å². The third kappa shape index (κ3) is 2.92. The van der Waals surface area contributed by atoms with Crippen molar-refractivity contribution in [2.45, 2.75) is 19.8 Å². The van der Waals surface area contributed by atoms with Gasteiger partial charge in [0.2, 0.25) is 4.77 Å². The number of aromatic amines is 1. The first-order chi connectivity index (χ1) is 8.20. The van der Waals surface area contributed by atoms with E-state index in [0.29, 0.717) is 15.2 Å². The van der Waals surface area contributed by atoms with E-state index in [9.17, 15) is 0 Å². The van der Waals surface area contributed by atoms with Gasteiger partial charge in [-0.2, -0.15) is 14.9 Å². The summed E-state index contributed by atoms with van der Waals surface area (Å²) in [5.74, 6) is 1.47. The SMILES string of the molecule is CCCc1n[nH]c(=S)n1/N=C/c1ccc(Br)o1. The van der Waals surface area contributed by atoms with E-state index in [1.54, 1.807) is 10.9 Å². The Morgan fingerprint density at radius 3 is 3.12 bits per heavy atom. The van der Waals surface area contributed by atoms with Crippen molar-refractivity contribution in [3.63, 3.8) is 0 Å². The van der Waals surface area contributed by atoms with Gasteiger partial charge in [-0.1, -0.05) is 6.92 Å². The largest absolute Gasteiger partial charge is 0.448 e. The van der Waals surface area contributed by atoms with Crippen molar-refractivity contribution in [1.29, 1.82) is 0 Å². The van der Waals surface area contributed by atoms with Crippen LogP contribution in [-0.2, 0) is 6.42 Å². The normalized spacial score (nSPS) is 11.4. The van der Waals surface area contributed by atoms with Gasteiger partial charge in [0.25, 0.3) is 0 Å². The monoisotopic (exact) mass is 314 g/mol. The molecule has 5 nitrogen and oxygen atoms in total. The molecule has 90 valence electrons. The molecule has 2 aromatic heterocycles. The molecule has 0 bridgehead atoms. The number of halogens is 1. The summed E-state index contributed by atoms with van der Waals surface area (Å²) < 4.78 is 8.07. The van der Waals surface area contributed by atoms with Crippen LogP contribution in [0, 0.1) is 4.77 Å². The Morgan fingerprint density at radius 2 is 2.47 bits per heavy atom. The summed E-state index contributed by atoms with van der Waals surface area (Å²) in [5.41, 5.74) is 0. The summed E-state index contributed by atoms with van der Waals surface area (Å²) in [5, 5.41) is 11.1. The van der Waals surface area contributed by atoms with Gasteiger partial charge in [0.15, 0.2) is 10.5 Å². The molecule has 0 unspecified atom stereocenters. The molecule has 0 aliphatic rings. The zero-order valence-corrected chi connectivity index (χ0v) is 11.6. The van der Waals surface area contributed by atoms with Crippen LogP contribution in [0.3, 0.4) is 0 Å². The van der Waals surface area contributed by atoms with Crippen molar-refractivity contribution in [3.8, 4) is 0 Å². The van der Waals surface area contributed by atoms with Gasteiger partial charge >= 0.3 is 0 Å². The molecular weight excluding hydrogens is 304 g/mol. The molecule has 0 amide bonds. The van der Waals surface area contributed by atoms with E-state index in [1.165, 1.54) is 0 Å². The minimum Gasteiger partial charge on any atom is -0.448 e. The molecule has 7 heteroatoms. The minimum absolute atomic E-state index is 0.482. The van der Waals surface area contributed by atoms with Crippen molar-refractivity contribution < 1.29 is 4.42 Å². The maximum atomic E-state index is 5.31. The summed E-state index contributed by atoms with van der Waals surface area (Å²) in [4.78, 5) is 0. The summed E-state index contributed by atoms with van der Waals surface area (Å²) in [7, 11) is 0. The number of furan rings is 1. The zero-order valence-electron chi connectivity index (χ0n) is 9.18. The van der Waals surface area contributed by atoms with Crippen LogP contribution in [0.2, 0.25) is 0 Å². The Labute approximate surface area is 112 Å². The lowest BCUT2D eigenvalue weighted by atomic mass is 10.3. The number of nitrogens with zero attached hydrogens (tertiary/aromatic N) is 3. The van der Waals surface area contributed by atoms with Crippen LogP contribution in [-0.4, -0.2) is 21.1 Å². The molecule has 1 N–H and O–H groups in total. The highest BCUT2D eigenvalue weighted by Crippen LogP contribution is 2.12. The van der Waals surface area contributed by atoms with Gasteiger partial charge in [-0.05, 0) is 46.7 Å². The van der Waals surface area contributed by atoms with E-state index < -0.39 is 0 Å². The number of H-pyrrole nitrogens is 1. The predicted molar refractivity (Wildman–Crippen MR) is 70.8 cm³/mol. The van der Waals surface area contributed by atoms with Crippen molar-refractivity contribution in [1.82, 2.24) is 14.9 Å². The van der Waals surface area contributed by atoms with Crippen molar-refractivity contribution >= 4 is 34.4 Å². The van der Waals surface area contributed by atoms with E-state index in [-0.39, 0.29) is 0 Å². The Kier molecular flexibility index (Phi) is 3.90. The van der Waals surface area contributed by atoms with Crippen molar-refractivity contribution in [2.75, 3.05) is 0 Å².